The predicted molar refractivity (Wildman–Crippen MR) is 94.5 cm³/mol. The number of hydrogen-bond donors (Lipinski definition) is 1. The first-order chi connectivity index (χ1) is 11.2. The van der Waals surface area contributed by atoms with Crippen molar-refractivity contribution in [3.8, 4) is 0 Å². The standard InChI is InChI=1S/C19H24N2OS/c1-12(15-11-13-6-7-14(15)10-13)20-18(22)8-9-19-21-16-4-2-3-5-17(16)23-19/h2-5,12-15H,6-11H2,1H3,(H,20,22)/t12-,13-,14-,15+/m0/s1. The molecule has 3 nitrogen and oxygen atoms in total. The van der Waals surface area contributed by atoms with E-state index in [9.17, 15) is 4.79 Å². The zero-order chi connectivity index (χ0) is 15.8. The molecule has 0 aliphatic heterocycles. The maximum Gasteiger partial charge on any atom is 0.220 e. The van der Waals surface area contributed by atoms with Gasteiger partial charge in [-0.2, -0.15) is 0 Å². The number of nitrogens with one attached hydrogen (secondary N) is 1. The lowest BCUT2D eigenvalue weighted by atomic mass is 9.84. The lowest BCUT2D eigenvalue weighted by molar-refractivity contribution is -0.122. The molecule has 2 aromatic rings. The molecular formula is C19H24N2OS. The quantitative estimate of drug-likeness (QED) is 0.895. The molecule has 0 radical (unpaired) electrons. The fourth-order valence-electron chi connectivity index (χ4n) is 4.59. The van der Waals surface area contributed by atoms with Crippen molar-refractivity contribution in [1.29, 1.82) is 0 Å². The van der Waals surface area contributed by atoms with E-state index in [4.69, 9.17) is 0 Å². The monoisotopic (exact) mass is 328 g/mol. The smallest absolute Gasteiger partial charge is 0.220 e. The summed E-state index contributed by atoms with van der Waals surface area (Å²) >= 11 is 1.70. The normalized spacial score (nSPS) is 27.4. The highest BCUT2D eigenvalue weighted by Crippen LogP contribution is 2.49. The van der Waals surface area contributed by atoms with Gasteiger partial charge in [0.05, 0.1) is 15.2 Å². The Bertz CT molecular complexity index is 677. The number of aryl methyl sites for hydroxylation is 1. The van der Waals surface area contributed by atoms with Crippen LogP contribution >= 0.6 is 11.3 Å². The Morgan fingerprint density at radius 1 is 1.35 bits per heavy atom. The van der Waals surface area contributed by atoms with E-state index < -0.39 is 0 Å². The second-order valence-electron chi connectivity index (χ2n) is 7.27. The van der Waals surface area contributed by atoms with Crippen LogP contribution in [0.1, 0.15) is 44.0 Å². The van der Waals surface area contributed by atoms with Gasteiger partial charge in [0.1, 0.15) is 0 Å². The SMILES string of the molecule is C[C@H](NC(=O)CCc1nc2ccccc2s1)[C@H]1C[C@H]2CC[C@H]1C2. The summed E-state index contributed by atoms with van der Waals surface area (Å²) in [5.41, 5.74) is 1.04. The molecule has 0 saturated heterocycles. The summed E-state index contributed by atoms with van der Waals surface area (Å²) in [6.07, 6.45) is 6.81. The molecule has 4 rings (SSSR count). The summed E-state index contributed by atoms with van der Waals surface area (Å²) in [5, 5.41) is 4.31. The number of carbonyl (C=O) groups is 1. The topological polar surface area (TPSA) is 42.0 Å². The lowest BCUT2D eigenvalue weighted by Gasteiger charge is -2.28. The second kappa shape index (κ2) is 6.23. The molecule has 1 heterocycles. The van der Waals surface area contributed by atoms with Crippen LogP contribution in [0.4, 0.5) is 0 Å². The molecule has 2 aliphatic carbocycles. The number of hydrogen-bond acceptors (Lipinski definition) is 3. The van der Waals surface area contributed by atoms with E-state index >= 15 is 0 Å². The first-order valence-corrected chi connectivity index (χ1v) is 9.64. The minimum Gasteiger partial charge on any atom is -0.353 e. The molecule has 1 amide bonds. The van der Waals surface area contributed by atoms with Crippen molar-refractivity contribution in [3.63, 3.8) is 0 Å². The first kappa shape index (κ1) is 15.1. The van der Waals surface area contributed by atoms with E-state index in [1.807, 2.05) is 18.2 Å². The van der Waals surface area contributed by atoms with Crippen molar-refractivity contribution in [2.45, 2.75) is 51.5 Å². The lowest BCUT2D eigenvalue weighted by Crippen LogP contribution is -2.40. The van der Waals surface area contributed by atoms with Gasteiger partial charge in [-0.05, 0) is 56.1 Å². The Morgan fingerprint density at radius 2 is 2.22 bits per heavy atom. The largest absolute Gasteiger partial charge is 0.353 e. The summed E-state index contributed by atoms with van der Waals surface area (Å²) in [6.45, 7) is 2.20. The Morgan fingerprint density at radius 3 is 2.96 bits per heavy atom. The van der Waals surface area contributed by atoms with Crippen LogP contribution in [-0.2, 0) is 11.2 Å². The van der Waals surface area contributed by atoms with Gasteiger partial charge in [-0.25, -0.2) is 4.98 Å². The molecule has 1 aromatic carbocycles. The molecule has 4 atom stereocenters. The molecule has 2 bridgehead atoms. The fourth-order valence-corrected chi connectivity index (χ4v) is 5.55. The van der Waals surface area contributed by atoms with Crippen LogP contribution in [-0.4, -0.2) is 16.9 Å². The molecule has 0 unspecified atom stereocenters. The van der Waals surface area contributed by atoms with E-state index in [1.54, 1.807) is 11.3 Å². The van der Waals surface area contributed by atoms with Gasteiger partial charge >= 0.3 is 0 Å². The van der Waals surface area contributed by atoms with Crippen LogP contribution in [0, 0.1) is 17.8 Å². The van der Waals surface area contributed by atoms with Crippen LogP contribution in [0.25, 0.3) is 10.2 Å². The molecule has 2 aliphatic rings. The third-order valence-electron chi connectivity index (χ3n) is 5.73. The van der Waals surface area contributed by atoms with E-state index in [0.29, 0.717) is 18.4 Å². The van der Waals surface area contributed by atoms with Crippen molar-refractivity contribution < 1.29 is 4.79 Å². The minimum atomic E-state index is 0.180. The van der Waals surface area contributed by atoms with Gasteiger partial charge in [0.15, 0.2) is 0 Å². The van der Waals surface area contributed by atoms with Crippen molar-refractivity contribution >= 4 is 27.5 Å². The Kier molecular flexibility index (Phi) is 4.10. The fraction of sp³-hybridized carbons (Fsp3) is 0.579. The Labute approximate surface area is 141 Å². The number of aromatic nitrogens is 1. The Balaban J connectivity index is 1.30. The van der Waals surface area contributed by atoms with Gasteiger partial charge in [0.2, 0.25) is 5.91 Å². The Hall–Kier alpha value is -1.42. The molecule has 4 heteroatoms. The van der Waals surface area contributed by atoms with Gasteiger partial charge in [0.25, 0.3) is 0 Å². The summed E-state index contributed by atoms with van der Waals surface area (Å²) in [4.78, 5) is 16.9. The predicted octanol–water partition coefficient (Wildman–Crippen LogP) is 4.17. The van der Waals surface area contributed by atoms with E-state index in [2.05, 4.69) is 23.3 Å². The molecule has 23 heavy (non-hydrogen) atoms. The average molecular weight is 328 g/mol. The molecule has 2 fully saturated rings. The highest BCUT2D eigenvalue weighted by Gasteiger charge is 2.42. The number of rotatable bonds is 5. The highest BCUT2D eigenvalue weighted by atomic mass is 32.1. The third-order valence-corrected chi connectivity index (χ3v) is 6.82. The van der Waals surface area contributed by atoms with Gasteiger partial charge in [-0.1, -0.05) is 18.6 Å². The number of nitrogens with zero attached hydrogens (tertiary/aromatic N) is 1. The molecule has 1 aromatic heterocycles. The van der Waals surface area contributed by atoms with Gasteiger partial charge in [0, 0.05) is 18.9 Å². The number of thiazole rings is 1. The maximum atomic E-state index is 12.3. The van der Waals surface area contributed by atoms with Crippen LogP contribution < -0.4 is 5.32 Å². The van der Waals surface area contributed by atoms with Crippen molar-refractivity contribution in [2.75, 3.05) is 0 Å². The molecule has 122 valence electrons. The van der Waals surface area contributed by atoms with Crippen LogP contribution in [0.15, 0.2) is 24.3 Å². The zero-order valence-electron chi connectivity index (χ0n) is 13.6. The minimum absolute atomic E-state index is 0.180. The summed E-state index contributed by atoms with van der Waals surface area (Å²) < 4.78 is 1.21. The van der Waals surface area contributed by atoms with Gasteiger partial charge < -0.3 is 5.32 Å². The summed E-state index contributed by atoms with van der Waals surface area (Å²) in [6, 6.07) is 8.50. The van der Waals surface area contributed by atoms with E-state index in [-0.39, 0.29) is 5.91 Å². The average Bonchev–Trinajstić information content (AvgIpc) is 3.26. The number of benzene rings is 1. The number of carbonyl (C=O) groups excluding carboxylic acids is 1. The number of para-hydroxylation sites is 1. The second-order valence-corrected chi connectivity index (χ2v) is 8.39. The van der Waals surface area contributed by atoms with Crippen LogP contribution in [0.5, 0.6) is 0 Å². The van der Waals surface area contributed by atoms with Crippen LogP contribution in [0.2, 0.25) is 0 Å². The van der Waals surface area contributed by atoms with E-state index in [1.165, 1.54) is 30.4 Å². The number of fused-ring (bicyclic) bond motifs is 3. The zero-order valence-corrected chi connectivity index (χ0v) is 14.4. The highest BCUT2D eigenvalue weighted by molar-refractivity contribution is 7.18. The number of amides is 1. The van der Waals surface area contributed by atoms with Crippen molar-refractivity contribution in [3.05, 3.63) is 29.3 Å². The first-order valence-electron chi connectivity index (χ1n) is 8.83. The van der Waals surface area contributed by atoms with Gasteiger partial charge in [-0.3, -0.25) is 4.79 Å². The van der Waals surface area contributed by atoms with Gasteiger partial charge in [-0.15, -0.1) is 11.3 Å². The third kappa shape index (κ3) is 3.14. The summed E-state index contributed by atoms with van der Waals surface area (Å²) in [5.74, 6) is 2.69. The molecule has 1 N–H and O–H groups in total. The molecular weight excluding hydrogens is 304 g/mol. The molecule has 2 saturated carbocycles. The summed E-state index contributed by atoms with van der Waals surface area (Å²) in [7, 11) is 0. The van der Waals surface area contributed by atoms with Crippen LogP contribution in [0.3, 0.4) is 0 Å². The van der Waals surface area contributed by atoms with Crippen molar-refractivity contribution in [2.24, 2.45) is 17.8 Å². The molecule has 0 spiro atoms. The maximum absolute atomic E-state index is 12.3. The van der Waals surface area contributed by atoms with Crippen molar-refractivity contribution in [1.82, 2.24) is 10.3 Å². The van der Waals surface area contributed by atoms with E-state index in [0.717, 1.165) is 28.8 Å².